The van der Waals surface area contributed by atoms with Gasteiger partial charge in [0.2, 0.25) is 0 Å². The third-order valence-electron chi connectivity index (χ3n) is 2.17. The van der Waals surface area contributed by atoms with E-state index in [0.29, 0.717) is 11.5 Å². The summed E-state index contributed by atoms with van der Waals surface area (Å²) in [4.78, 5) is 4.17. The number of thiocarbonyl (C=S) groups is 1. The third kappa shape index (κ3) is 2.83. The van der Waals surface area contributed by atoms with Crippen molar-refractivity contribution in [2.45, 2.75) is 0 Å². The number of hydrazone groups is 1. The fraction of sp³-hybridized carbons (Fsp3) is 0. The van der Waals surface area contributed by atoms with Crippen LogP contribution in [0.4, 0.5) is 5.69 Å². The first-order valence-corrected chi connectivity index (χ1v) is 5.55. The highest BCUT2D eigenvalue weighted by atomic mass is 32.1. The Labute approximate surface area is 109 Å². The minimum atomic E-state index is 0.105. The lowest BCUT2D eigenvalue weighted by atomic mass is 10.3. The van der Waals surface area contributed by atoms with Gasteiger partial charge < -0.3 is 11.5 Å². The first-order chi connectivity index (χ1) is 8.66. The number of nitrogen functional groups attached to an aromatic ring is 1. The molecule has 0 bridgehead atoms. The smallest absolute Gasteiger partial charge is 0.184 e. The molecule has 0 amide bonds. The van der Waals surface area contributed by atoms with Gasteiger partial charge in [-0.05, 0) is 30.4 Å². The number of nitrogens with two attached hydrogens (primary N) is 2. The van der Waals surface area contributed by atoms with Gasteiger partial charge in [-0.15, -0.1) is 0 Å². The van der Waals surface area contributed by atoms with Gasteiger partial charge in [-0.2, -0.15) is 5.10 Å². The summed E-state index contributed by atoms with van der Waals surface area (Å²) in [6.07, 6.45) is 5.02. The largest absolute Gasteiger partial charge is 0.399 e. The topological polar surface area (TPSA) is 94.2 Å². The summed E-state index contributed by atoms with van der Waals surface area (Å²) in [5.74, 6) is 0.643. The molecule has 0 unspecified atom stereocenters. The van der Waals surface area contributed by atoms with Crippen molar-refractivity contribution >= 4 is 29.2 Å². The Morgan fingerprint density at radius 3 is 3.06 bits per heavy atom. The van der Waals surface area contributed by atoms with Gasteiger partial charge in [0, 0.05) is 23.8 Å². The number of anilines is 1. The number of hydrogen-bond donors (Lipinski definition) is 3. The zero-order valence-corrected chi connectivity index (χ0v) is 10.3. The van der Waals surface area contributed by atoms with E-state index < -0.39 is 0 Å². The van der Waals surface area contributed by atoms with E-state index in [2.05, 4.69) is 27.7 Å². The zero-order chi connectivity index (χ0) is 13.0. The van der Waals surface area contributed by atoms with Gasteiger partial charge in [0.25, 0.3) is 0 Å². The normalized spacial score (nSPS) is 10.7. The first-order valence-electron chi connectivity index (χ1n) is 5.14. The molecule has 0 atom stereocenters. The lowest BCUT2D eigenvalue weighted by Crippen LogP contribution is -2.24. The number of imidazole rings is 1. The van der Waals surface area contributed by atoms with Crippen LogP contribution in [0.15, 0.2) is 41.8 Å². The SMILES string of the molecule is NC(=S)N/N=C\c1nccn1-c1cccc(N)c1. The van der Waals surface area contributed by atoms with Crippen molar-refractivity contribution in [3.63, 3.8) is 0 Å². The van der Waals surface area contributed by atoms with Crippen LogP contribution in [0.5, 0.6) is 0 Å². The molecular weight excluding hydrogens is 248 g/mol. The molecule has 0 aliphatic rings. The van der Waals surface area contributed by atoms with E-state index in [1.165, 1.54) is 6.21 Å². The van der Waals surface area contributed by atoms with Crippen molar-refractivity contribution in [2.75, 3.05) is 5.73 Å². The third-order valence-corrected chi connectivity index (χ3v) is 2.26. The summed E-state index contributed by atoms with van der Waals surface area (Å²) in [6, 6.07) is 7.47. The van der Waals surface area contributed by atoms with E-state index in [0.717, 1.165) is 5.69 Å². The minimum absolute atomic E-state index is 0.105. The van der Waals surface area contributed by atoms with Crippen LogP contribution in [0, 0.1) is 0 Å². The van der Waals surface area contributed by atoms with Gasteiger partial charge in [-0.25, -0.2) is 4.98 Å². The molecule has 1 aromatic heterocycles. The molecule has 0 spiro atoms. The van der Waals surface area contributed by atoms with Crippen LogP contribution in [-0.4, -0.2) is 20.9 Å². The van der Waals surface area contributed by atoms with Crippen LogP contribution >= 0.6 is 12.2 Å². The number of nitrogens with zero attached hydrogens (tertiary/aromatic N) is 3. The second-order valence-corrected chi connectivity index (χ2v) is 3.92. The number of benzene rings is 1. The van der Waals surface area contributed by atoms with Crippen molar-refractivity contribution in [1.82, 2.24) is 15.0 Å². The molecule has 2 rings (SSSR count). The lowest BCUT2D eigenvalue weighted by molar-refractivity contribution is 1.01. The summed E-state index contributed by atoms with van der Waals surface area (Å²) in [5.41, 5.74) is 15.1. The fourth-order valence-corrected chi connectivity index (χ4v) is 1.51. The van der Waals surface area contributed by atoms with Gasteiger partial charge in [-0.1, -0.05) is 6.07 Å². The van der Waals surface area contributed by atoms with Crippen LogP contribution in [0.3, 0.4) is 0 Å². The maximum Gasteiger partial charge on any atom is 0.184 e. The van der Waals surface area contributed by atoms with E-state index in [-0.39, 0.29) is 5.11 Å². The molecule has 1 aromatic carbocycles. The Kier molecular flexibility index (Phi) is 3.54. The van der Waals surface area contributed by atoms with E-state index in [1.54, 1.807) is 6.20 Å². The number of rotatable bonds is 3. The minimum Gasteiger partial charge on any atom is -0.399 e. The Hall–Kier alpha value is -2.41. The van der Waals surface area contributed by atoms with Crippen molar-refractivity contribution < 1.29 is 0 Å². The number of hydrogen-bond acceptors (Lipinski definition) is 4. The van der Waals surface area contributed by atoms with Gasteiger partial charge in [0.1, 0.15) is 0 Å². The van der Waals surface area contributed by atoms with Crippen LogP contribution in [0.25, 0.3) is 5.69 Å². The van der Waals surface area contributed by atoms with Crippen molar-refractivity contribution in [2.24, 2.45) is 10.8 Å². The monoisotopic (exact) mass is 260 g/mol. The van der Waals surface area contributed by atoms with Crippen LogP contribution < -0.4 is 16.9 Å². The molecular formula is C11H12N6S. The summed E-state index contributed by atoms with van der Waals surface area (Å²) < 4.78 is 1.85. The molecule has 2 aromatic rings. The number of aromatic nitrogens is 2. The molecule has 7 heteroatoms. The predicted molar refractivity (Wildman–Crippen MR) is 75.5 cm³/mol. The molecule has 5 N–H and O–H groups in total. The molecule has 18 heavy (non-hydrogen) atoms. The molecule has 0 fully saturated rings. The maximum atomic E-state index is 5.74. The quantitative estimate of drug-likeness (QED) is 0.325. The van der Waals surface area contributed by atoms with E-state index >= 15 is 0 Å². The molecule has 0 aliphatic carbocycles. The maximum absolute atomic E-state index is 5.74. The van der Waals surface area contributed by atoms with Crippen LogP contribution in [-0.2, 0) is 0 Å². The van der Waals surface area contributed by atoms with E-state index in [9.17, 15) is 0 Å². The molecule has 1 heterocycles. The molecule has 0 aliphatic heterocycles. The molecule has 0 saturated carbocycles. The van der Waals surface area contributed by atoms with Crippen molar-refractivity contribution in [3.8, 4) is 5.69 Å². The second-order valence-electron chi connectivity index (χ2n) is 3.48. The van der Waals surface area contributed by atoms with E-state index in [1.807, 2.05) is 35.0 Å². The summed E-state index contributed by atoms with van der Waals surface area (Å²) >= 11 is 4.64. The van der Waals surface area contributed by atoms with Gasteiger partial charge in [0.05, 0.1) is 6.21 Å². The Balaban J connectivity index is 2.27. The highest BCUT2D eigenvalue weighted by Crippen LogP contribution is 2.13. The summed E-state index contributed by atoms with van der Waals surface area (Å²) in [6.45, 7) is 0. The highest BCUT2D eigenvalue weighted by Gasteiger charge is 2.02. The lowest BCUT2D eigenvalue weighted by Gasteiger charge is -2.05. The standard InChI is InChI=1S/C11H12N6S/c12-8-2-1-3-9(6-8)17-5-4-14-10(17)7-15-16-11(13)18/h1-7H,12H2,(H3,13,16,18)/b15-7-. The zero-order valence-electron chi connectivity index (χ0n) is 9.45. The van der Waals surface area contributed by atoms with Gasteiger partial charge in [-0.3, -0.25) is 9.99 Å². The molecule has 0 saturated heterocycles. The second kappa shape index (κ2) is 5.28. The average Bonchev–Trinajstić information content (AvgIpc) is 2.77. The molecule has 6 nitrogen and oxygen atoms in total. The van der Waals surface area contributed by atoms with Gasteiger partial charge in [0.15, 0.2) is 10.9 Å². The summed E-state index contributed by atoms with van der Waals surface area (Å²) in [7, 11) is 0. The van der Waals surface area contributed by atoms with Crippen molar-refractivity contribution in [1.29, 1.82) is 0 Å². The average molecular weight is 260 g/mol. The Morgan fingerprint density at radius 1 is 1.50 bits per heavy atom. The number of nitrogens with one attached hydrogen (secondary N) is 1. The van der Waals surface area contributed by atoms with Gasteiger partial charge >= 0.3 is 0 Å². The van der Waals surface area contributed by atoms with E-state index in [4.69, 9.17) is 11.5 Å². The summed E-state index contributed by atoms with van der Waals surface area (Å²) in [5, 5.41) is 3.97. The first kappa shape index (κ1) is 12.1. The molecule has 0 radical (unpaired) electrons. The fourth-order valence-electron chi connectivity index (χ4n) is 1.46. The molecule has 92 valence electrons. The Bertz CT molecular complexity index is 589. The Morgan fingerprint density at radius 2 is 2.33 bits per heavy atom. The van der Waals surface area contributed by atoms with Crippen LogP contribution in [0.1, 0.15) is 5.82 Å². The highest BCUT2D eigenvalue weighted by molar-refractivity contribution is 7.80. The van der Waals surface area contributed by atoms with Crippen LogP contribution in [0.2, 0.25) is 0 Å². The predicted octanol–water partition coefficient (Wildman–Crippen LogP) is 0.622. The van der Waals surface area contributed by atoms with Crippen molar-refractivity contribution in [3.05, 3.63) is 42.5 Å².